The Balaban J connectivity index is 1.23. The van der Waals surface area contributed by atoms with Crippen LogP contribution < -0.4 is 20.1 Å². The number of piperidine rings is 1. The van der Waals surface area contributed by atoms with E-state index in [2.05, 4.69) is 25.5 Å². The van der Waals surface area contributed by atoms with E-state index >= 15 is 0 Å². The molecule has 5 heterocycles. The number of likely N-dealkylation sites (tertiary alicyclic amines) is 1. The van der Waals surface area contributed by atoms with E-state index in [4.69, 9.17) is 18.9 Å². The minimum absolute atomic E-state index is 0.0560. The van der Waals surface area contributed by atoms with Crippen LogP contribution in [0.2, 0.25) is 0 Å². The second-order valence-corrected chi connectivity index (χ2v) is 10.9. The van der Waals surface area contributed by atoms with Crippen molar-refractivity contribution in [3.05, 3.63) is 35.5 Å². The first-order valence-electron chi connectivity index (χ1n) is 15.0. The molecule has 3 N–H and O–H groups in total. The van der Waals surface area contributed by atoms with Crippen LogP contribution in [0, 0.1) is 0 Å². The Kier molecular flexibility index (Phi) is 9.01. The number of morpholine rings is 1. The summed E-state index contributed by atoms with van der Waals surface area (Å²) in [6.07, 6.45) is -1.85. The Morgan fingerprint density at radius 3 is 2.55 bits per heavy atom. The van der Waals surface area contributed by atoms with E-state index in [-0.39, 0.29) is 41.7 Å². The number of hydrogen-bond donors (Lipinski definition) is 3. The van der Waals surface area contributed by atoms with E-state index in [1.54, 1.807) is 12.1 Å². The minimum Gasteiger partial charge on any atom is -0.485 e. The summed E-state index contributed by atoms with van der Waals surface area (Å²) in [6.45, 7) is 8.19. The molecule has 0 bridgehead atoms. The Morgan fingerprint density at radius 2 is 1.82 bits per heavy atom. The summed E-state index contributed by atoms with van der Waals surface area (Å²) < 4.78 is 64.1. The van der Waals surface area contributed by atoms with Crippen molar-refractivity contribution in [2.24, 2.45) is 0 Å². The van der Waals surface area contributed by atoms with E-state index in [1.165, 1.54) is 6.07 Å². The molecule has 0 atom stereocenters. The lowest BCUT2D eigenvalue weighted by molar-refractivity contribution is -0.136. The number of aromatic amines is 1. The average molecular weight is 619 g/mol. The molecule has 0 saturated carbocycles. The highest BCUT2D eigenvalue weighted by Crippen LogP contribution is 2.44. The standard InChI is InChI=1S/C30H37F3N6O5/c1-2-41-12-7-34-23-17-24(37-28-25(23)21(18-35-28)30(31,32)33)36-22-4-3-20(26-27(22)44-16-15-43-26)29(40)39-8-5-19(6-9-39)38-10-13-42-14-11-38/h3-4,17-19H,2,5-16H2,1H3,(H3,34,35,36,37). The van der Waals surface area contributed by atoms with Gasteiger partial charge in [-0.05, 0) is 31.9 Å². The maximum Gasteiger partial charge on any atom is 0.418 e. The number of alkyl halides is 3. The van der Waals surface area contributed by atoms with Crippen LogP contribution in [0.15, 0.2) is 24.4 Å². The number of H-pyrrole nitrogens is 1. The Morgan fingerprint density at radius 1 is 1.07 bits per heavy atom. The van der Waals surface area contributed by atoms with Crippen molar-refractivity contribution in [3.8, 4) is 11.5 Å². The number of aromatic nitrogens is 2. The van der Waals surface area contributed by atoms with Gasteiger partial charge in [0.1, 0.15) is 24.7 Å². The maximum absolute atomic E-state index is 13.8. The molecule has 3 aliphatic heterocycles. The number of benzene rings is 1. The number of nitrogens with zero attached hydrogens (tertiary/aromatic N) is 3. The largest absolute Gasteiger partial charge is 0.485 e. The zero-order valence-electron chi connectivity index (χ0n) is 24.6. The lowest BCUT2D eigenvalue weighted by atomic mass is 10.0. The molecule has 0 aliphatic carbocycles. The Hall–Kier alpha value is -3.75. The average Bonchev–Trinajstić information content (AvgIpc) is 3.49. The lowest BCUT2D eigenvalue weighted by Gasteiger charge is -2.40. The summed E-state index contributed by atoms with van der Waals surface area (Å²) in [4.78, 5) is 25.0. The molecule has 2 fully saturated rings. The minimum atomic E-state index is -4.56. The third-order valence-electron chi connectivity index (χ3n) is 8.21. The molecule has 14 heteroatoms. The molecule has 11 nitrogen and oxygen atoms in total. The highest BCUT2D eigenvalue weighted by Gasteiger charge is 2.36. The first kappa shape index (κ1) is 30.3. The van der Waals surface area contributed by atoms with E-state index in [0.29, 0.717) is 61.6 Å². The normalized spacial score (nSPS) is 18.0. The Labute approximate surface area is 253 Å². The van der Waals surface area contributed by atoms with Crippen molar-refractivity contribution in [2.45, 2.75) is 32.0 Å². The summed E-state index contributed by atoms with van der Waals surface area (Å²) in [5.74, 6) is 0.871. The molecular formula is C30H37F3N6O5. The van der Waals surface area contributed by atoms with Crippen LogP contribution in [0.3, 0.4) is 0 Å². The maximum atomic E-state index is 13.8. The van der Waals surface area contributed by atoms with E-state index in [1.807, 2.05) is 11.8 Å². The van der Waals surface area contributed by atoms with Crippen LogP contribution in [0.5, 0.6) is 11.5 Å². The first-order valence-corrected chi connectivity index (χ1v) is 15.0. The van der Waals surface area contributed by atoms with Crippen LogP contribution in [0.25, 0.3) is 11.0 Å². The fraction of sp³-hybridized carbons (Fsp3) is 0.533. The third kappa shape index (κ3) is 6.37. The number of halogens is 3. The number of anilines is 3. The molecule has 6 rings (SSSR count). The Bertz CT molecular complexity index is 1470. The molecule has 1 amide bonds. The van der Waals surface area contributed by atoms with Gasteiger partial charge in [0.15, 0.2) is 11.5 Å². The van der Waals surface area contributed by atoms with Crippen molar-refractivity contribution in [2.75, 3.05) is 83.0 Å². The van der Waals surface area contributed by atoms with Gasteiger partial charge < -0.3 is 39.5 Å². The molecule has 3 aliphatic rings. The summed E-state index contributed by atoms with van der Waals surface area (Å²) in [5, 5.41) is 6.17. The molecule has 238 valence electrons. The van der Waals surface area contributed by atoms with Crippen molar-refractivity contribution < 1.29 is 36.9 Å². The summed E-state index contributed by atoms with van der Waals surface area (Å²) >= 11 is 0. The lowest BCUT2D eigenvalue weighted by Crippen LogP contribution is -2.50. The fourth-order valence-electron chi connectivity index (χ4n) is 6.05. The van der Waals surface area contributed by atoms with Crippen molar-refractivity contribution in [1.82, 2.24) is 19.8 Å². The van der Waals surface area contributed by atoms with Gasteiger partial charge in [0.2, 0.25) is 0 Å². The number of nitrogens with one attached hydrogen (secondary N) is 3. The number of amides is 1. The van der Waals surface area contributed by atoms with Gasteiger partial charge in [-0.2, -0.15) is 13.2 Å². The number of rotatable bonds is 9. The van der Waals surface area contributed by atoms with Crippen molar-refractivity contribution >= 4 is 34.1 Å². The second kappa shape index (κ2) is 13.1. The number of pyridine rings is 1. The van der Waals surface area contributed by atoms with Gasteiger partial charge in [0, 0.05) is 63.3 Å². The molecule has 2 aromatic heterocycles. The van der Waals surface area contributed by atoms with Crippen LogP contribution in [-0.2, 0) is 15.7 Å². The zero-order chi connectivity index (χ0) is 30.7. The predicted octanol–water partition coefficient (Wildman–Crippen LogP) is 4.48. The first-order chi connectivity index (χ1) is 21.3. The van der Waals surface area contributed by atoms with Gasteiger partial charge in [-0.15, -0.1) is 0 Å². The topological polar surface area (TPSA) is 113 Å². The number of ether oxygens (including phenoxy) is 4. The van der Waals surface area contributed by atoms with E-state index in [0.717, 1.165) is 45.3 Å². The molecule has 1 aromatic carbocycles. The van der Waals surface area contributed by atoms with Gasteiger partial charge in [-0.3, -0.25) is 9.69 Å². The monoisotopic (exact) mass is 618 g/mol. The van der Waals surface area contributed by atoms with E-state index < -0.39 is 11.7 Å². The van der Waals surface area contributed by atoms with Crippen LogP contribution >= 0.6 is 0 Å². The predicted molar refractivity (Wildman–Crippen MR) is 158 cm³/mol. The number of hydrogen-bond acceptors (Lipinski definition) is 9. The second-order valence-electron chi connectivity index (χ2n) is 10.9. The molecule has 0 spiro atoms. The van der Waals surface area contributed by atoms with Gasteiger partial charge in [-0.25, -0.2) is 4.98 Å². The third-order valence-corrected chi connectivity index (χ3v) is 8.21. The van der Waals surface area contributed by atoms with Crippen LogP contribution in [0.1, 0.15) is 35.7 Å². The summed E-state index contributed by atoms with van der Waals surface area (Å²) in [5.41, 5.74) is 0.410. The highest BCUT2D eigenvalue weighted by atomic mass is 19.4. The molecule has 2 saturated heterocycles. The SMILES string of the molecule is CCOCCNc1cc(Nc2ccc(C(=O)N3CCC(N4CCOCC4)CC3)c3c2OCCO3)nc2[nH]cc(C(F)(F)F)c12. The molecule has 0 radical (unpaired) electrons. The number of carbonyl (C=O) groups is 1. The van der Waals surface area contributed by atoms with E-state index in [9.17, 15) is 18.0 Å². The number of carbonyl (C=O) groups excluding carboxylic acids is 1. The molecular weight excluding hydrogens is 581 g/mol. The van der Waals surface area contributed by atoms with Crippen molar-refractivity contribution in [1.29, 1.82) is 0 Å². The summed E-state index contributed by atoms with van der Waals surface area (Å²) in [7, 11) is 0. The van der Waals surface area contributed by atoms with Gasteiger partial charge >= 0.3 is 6.18 Å². The van der Waals surface area contributed by atoms with Gasteiger partial charge in [-0.1, -0.05) is 0 Å². The molecule has 3 aromatic rings. The van der Waals surface area contributed by atoms with Crippen LogP contribution in [0.4, 0.5) is 30.4 Å². The smallest absolute Gasteiger partial charge is 0.418 e. The highest BCUT2D eigenvalue weighted by molar-refractivity contribution is 6.00. The van der Waals surface area contributed by atoms with Crippen LogP contribution in [-0.4, -0.2) is 104 Å². The fourth-order valence-corrected chi connectivity index (χ4v) is 6.05. The number of fused-ring (bicyclic) bond motifs is 2. The van der Waals surface area contributed by atoms with Gasteiger partial charge in [0.05, 0.1) is 42.0 Å². The van der Waals surface area contributed by atoms with Gasteiger partial charge in [0.25, 0.3) is 5.91 Å². The van der Waals surface area contributed by atoms with Crippen molar-refractivity contribution in [3.63, 3.8) is 0 Å². The molecule has 44 heavy (non-hydrogen) atoms. The zero-order valence-corrected chi connectivity index (χ0v) is 24.6. The summed E-state index contributed by atoms with van der Waals surface area (Å²) in [6, 6.07) is 5.37. The molecule has 0 unspecified atom stereocenters. The quantitative estimate of drug-likeness (QED) is 0.299.